The Balaban J connectivity index is 2.21. The molecule has 2 heteroatoms. The van der Waals surface area contributed by atoms with Gasteiger partial charge in [-0.2, -0.15) is 0 Å². The van der Waals surface area contributed by atoms with Crippen molar-refractivity contribution in [2.45, 2.75) is 39.5 Å². The molecule has 0 amide bonds. The molecule has 0 aliphatic rings. The van der Waals surface area contributed by atoms with Gasteiger partial charge >= 0.3 is 0 Å². The second kappa shape index (κ2) is 4.61. The Morgan fingerprint density at radius 3 is 2.47 bits per heavy atom. The van der Waals surface area contributed by atoms with Crippen molar-refractivity contribution in [3.05, 3.63) is 51.5 Å². The summed E-state index contributed by atoms with van der Waals surface area (Å²) in [6.07, 6.45) is 0.952. The number of nitrogens with zero attached hydrogens (tertiary/aromatic N) is 1. The molecule has 0 atom stereocenters. The molecule has 1 aromatic heterocycles. The molecular formula is C15H19NS. The molecule has 1 aromatic carbocycles. The van der Waals surface area contributed by atoms with Crippen LogP contribution in [0.4, 0.5) is 0 Å². The number of aryl methyl sites for hydroxylation is 1. The monoisotopic (exact) mass is 245 g/mol. The molecule has 0 fully saturated rings. The summed E-state index contributed by atoms with van der Waals surface area (Å²) in [6, 6.07) is 8.53. The van der Waals surface area contributed by atoms with Crippen molar-refractivity contribution in [2.75, 3.05) is 0 Å². The fourth-order valence-electron chi connectivity index (χ4n) is 1.71. The summed E-state index contributed by atoms with van der Waals surface area (Å²) in [5, 5.41) is 3.40. The average molecular weight is 245 g/mol. The van der Waals surface area contributed by atoms with Gasteiger partial charge in [0.2, 0.25) is 0 Å². The van der Waals surface area contributed by atoms with Crippen LogP contribution in [-0.4, -0.2) is 4.98 Å². The molecule has 0 unspecified atom stereocenters. The van der Waals surface area contributed by atoms with E-state index >= 15 is 0 Å². The Bertz CT molecular complexity index is 506. The first kappa shape index (κ1) is 12.3. The summed E-state index contributed by atoms with van der Waals surface area (Å²) in [5.74, 6) is 0. The molecule has 0 aliphatic carbocycles. The van der Waals surface area contributed by atoms with Crippen LogP contribution in [0.2, 0.25) is 0 Å². The van der Waals surface area contributed by atoms with Crippen LogP contribution in [0.1, 0.15) is 42.6 Å². The average Bonchev–Trinajstić information content (AvgIpc) is 2.69. The lowest BCUT2D eigenvalue weighted by Gasteiger charge is -2.14. The lowest BCUT2D eigenvalue weighted by atomic mass is 9.93. The number of hydrogen-bond donors (Lipinski definition) is 0. The topological polar surface area (TPSA) is 12.9 Å². The minimum atomic E-state index is 0.153. The summed E-state index contributed by atoms with van der Waals surface area (Å²) in [4.78, 5) is 4.74. The van der Waals surface area contributed by atoms with Crippen molar-refractivity contribution in [1.82, 2.24) is 4.98 Å². The third kappa shape index (κ3) is 2.95. The van der Waals surface area contributed by atoms with Crippen molar-refractivity contribution in [1.29, 1.82) is 0 Å². The normalized spacial score (nSPS) is 11.8. The molecule has 0 aliphatic heterocycles. The fourth-order valence-corrected chi connectivity index (χ4v) is 2.75. The first-order valence-electron chi connectivity index (χ1n) is 5.96. The van der Waals surface area contributed by atoms with Crippen molar-refractivity contribution in [2.24, 2.45) is 0 Å². The van der Waals surface area contributed by atoms with Crippen LogP contribution in [0.5, 0.6) is 0 Å². The SMILES string of the molecule is Cc1ccccc1Cc1nc(C(C)(C)C)cs1. The van der Waals surface area contributed by atoms with E-state index in [2.05, 4.69) is 57.3 Å². The first-order chi connectivity index (χ1) is 7.97. The van der Waals surface area contributed by atoms with Crippen LogP contribution < -0.4 is 0 Å². The maximum Gasteiger partial charge on any atom is 0.0972 e. The van der Waals surface area contributed by atoms with Gasteiger partial charge in [0.25, 0.3) is 0 Å². The zero-order valence-corrected chi connectivity index (χ0v) is 11.8. The van der Waals surface area contributed by atoms with Gasteiger partial charge in [-0.15, -0.1) is 11.3 Å². The molecule has 0 saturated heterocycles. The number of benzene rings is 1. The molecule has 0 N–H and O–H groups in total. The quantitative estimate of drug-likeness (QED) is 0.767. The summed E-state index contributed by atoms with van der Waals surface area (Å²) < 4.78 is 0. The number of thiazole rings is 1. The first-order valence-corrected chi connectivity index (χ1v) is 6.84. The van der Waals surface area contributed by atoms with E-state index in [1.165, 1.54) is 21.8 Å². The van der Waals surface area contributed by atoms with E-state index < -0.39 is 0 Å². The molecule has 1 heterocycles. The largest absolute Gasteiger partial charge is 0.245 e. The Kier molecular flexibility index (Phi) is 3.34. The minimum absolute atomic E-state index is 0.153. The van der Waals surface area contributed by atoms with E-state index in [0.29, 0.717) is 0 Å². The van der Waals surface area contributed by atoms with E-state index in [-0.39, 0.29) is 5.41 Å². The minimum Gasteiger partial charge on any atom is -0.245 e. The van der Waals surface area contributed by atoms with Crippen LogP contribution in [-0.2, 0) is 11.8 Å². The summed E-state index contributed by atoms with van der Waals surface area (Å²) in [5.41, 5.74) is 4.08. The Morgan fingerprint density at radius 2 is 1.88 bits per heavy atom. The standard InChI is InChI=1S/C15H19NS/c1-11-7-5-6-8-12(11)9-14-16-13(10-17-14)15(2,3)4/h5-8,10H,9H2,1-4H3. The third-order valence-corrected chi connectivity index (χ3v) is 3.77. The predicted octanol–water partition coefficient (Wildman–Crippen LogP) is 4.34. The summed E-state index contributed by atoms with van der Waals surface area (Å²) >= 11 is 1.77. The molecule has 0 saturated carbocycles. The Morgan fingerprint density at radius 1 is 1.18 bits per heavy atom. The van der Waals surface area contributed by atoms with Crippen molar-refractivity contribution in [3.63, 3.8) is 0 Å². The van der Waals surface area contributed by atoms with E-state index in [9.17, 15) is 0 Å². The third-order valence-electron chi connectivity index (χ3n) is 2.92. The highest BCUT2D eigenvalue weighted by molar-refractivity contribution is 7.09. The smallest absolute Gasteiger partial charge is 0.0972 e. The highest BCUT2D eigenvalue weighted by Crippen LogP contribution is 2.25. The van der Waals surface area contributed by atoms with Crippen molar-refractivity contribution >= 4 is 11.3 Å². The van der Waals surface area contributed by atoms with Crippen LogP contribution in [0.25, 0.3) is 0 Å². The highest BCUT2D eigenvalue weighted by atomic mass is 32.1. The van der Waals surface area contributed by atoms with Gasteiger partial charge in [-0.25, -0.2) is 4.98 Å². The van der Waals surface area contributed by atoms with Crippen LogP contribution in [0.15, 0.2) is 29.6 Å². The van der Waals surface area contributed by atoms with Crippen LogP contribution >= 0.6 is 11.3 Å². The molecule has 2 rings (SSSR count). The van der Waals surface area contributed by atoms with Gasteiger partial charge in [-0.05, 0) is 18.1 Å². The molecule has 0 radical (unpaired) electrons. The zero-order chi connectivity index (χ0) is 12.5. The Labute approximate surface area is 108 Å². The van der Waals surface area contributed by atoms with E-state index in [4.69, 9.17) is 4.98 Å². The van der Waals surface area contributed by atoms with Crippen molar-refractivity contribution < 1.29 is 0 Å². The lowest BCUT2D eigenvalue weighted by molar-refractivity contribution is 0.571. The van der Waals surface area contributed by atoms with E-state index in [1.807, 2.05) is 0 Å². The molecule has 0 spiro atoms. The van der Waals surface area contributed by atoms with Gasteiger partial charge in [-0.1, -0.05) is 45.0 Å². The van der Waals surface area contributed by atoms with Gasteiger partial charge in [0.1, 0.15) is 0 Å². The van der Waals surface area contributed by atoms with Gasteiger partial charge in [0, 0.05) is 17.2 Å². The predicted molar refractivity (Wildman–Crippen MR) is 74.8 cm³/mol. The second-order valence-electron chi connectivity index (χ2n) is 5.48. The molecular weight excluding hydrogens is 226 g/mol. The maximum absolute atomic E-state index is 4.74. The summed E-state index contributed by atoms with van der Waals surface area (Å²) in [7, 11) is 0. The van der Waals surface area contributed by atoms with Crippen LogP contribution in [0, 0.1) is 6.92 Å². The maximum atomic E-state index is 4.74. The number of rotatable bonds is 2. The Hall–Kier alpha value is -1.15. The molecule has 90 valence electrons. The van der Waals surface area contributed by atoms with E-state index in [0.717, 1.165) is 6.42 Å². The fraction of sp³-hybridized carbons (Fsp3) is 0.400. The second-order valence-corrected chi connectivity index (χ2v) is 6.42. The summed E-state index contributed by atoms with van der Waals surface area (Å²) in [6.45, 7) is 8.78. The van der Waals surface area contributed by atoms with Gasteiger partial charge in [0.05, 0.1) is 10.7 Å². The van der Waals surface area contributed by atoms with Gasteiger partial charge in [0.15, 0.2) is 0 Å². The molecule has 17 heavy (non-hydrogen) atoms. The zero-order valence-electron chi connectivity index (χ0n) is 10.9. The number of hydrogen-bond acceptors (Lipinski definition) is 2. The van der Waals surface area contributed by atoms with Crippen LogP contribution in [0.3, 0.4) is 0 Å². The lowest BCUT2D eigenvalue weighted by Crippen LogP contribution is -2.11. The van der Waals surface area contributed by atoms with Crippen molar-refractivity contribution in [3.8, 4) is 0 Å². The molecule has 2 aromatic rings. The number of aromatic nitrogens is 1. The van der Waals surface area contributed by atoms with Gasteiger partial charge < -0.3 is 0 Å². The molecule has 0 bridgehead atoms. The van der Waals surface area contributed by atoms with E-state index in [1.54, 1.807) is 11.3 Å². The van der Waals surface area contributed by atoms with Gasteiger partial charge in [-0.3, -0.25) is 0 Å². The molecule has 1 nitrogen and oxygen atoms in total. The highest BCUT2D eigenvalue weighted by Gasteiger charge is 2.17.